The Balaban J connectivity index is 2.46. The molecule has 1 unspecified atom stereocenters. The van der Waals surface area contributed by atoms with E-state index >= 15 is 0 Å². The van der Waals surface area contributed by atoms with Crippen molar-refractivity contribution in [2.75, 3.05) is 5.32 Å². The van der Waals surface area contributed by atoms with Crippen LogP contribution in [0, 0.1) is 5.82 Å². The van der Waals surface area contributed by atoms with Crippen molar-refractivity contribution in [3.8, 4) is 5.75 Å². The number of anilines is 1. The minimum absolute atomic E-state index is 0.00500. The van der Waals surface area contributed by atoms with Gasteiger partial charge in [0.05, 0.1) is 5.69 Å². The fourth-order valence-electron chi connectivity index (χ4n) is 1.17. The lowest BCUT2D eigenvalue weighted by molar-refractivity contribution is -0.146. The number of carbonyl (C=O) groups is 1. The van der Waals surface area contributed by atoms with Crippen molar-refractivity contribution in [2.45, 2.75) is 12.8 Å². The van der Waals surface area contributed by atoms with Crippen LogP contribution in [0.4, 0.5) is 14.5 Å². The van der Waals surface area contributed by atoms with Gasteiger partial charge in [-0.15, -0.1) is 0 Å². The summed E-state index contributed by atoms with van der Waals surface area (Å²) in [6.45, 7) is 0.968. The number of hydrogen-bond acceptors (Lipinski definition) is 2. The maximum Gasteiger partial charge on any atom is 0.324 e. The summed E-state index contributed by atoms with van der Waals surface area (Å²) in [7, 11) is 0. The van der Waals surface area contributed by atoms with Crippen LogP contribution >= 0.6 is 0 Å². The molecule has 0 aromatic heterocycles. The van der Waals surface area contributed by atoms with Gasteiger partial charge in [0, 0.05) is 13.0 Å². The largest absolute Gasteiger partial charge is 0.448 e. The molecule has 1 aliphatic rings. The zero-order valence-electron chi connectivity index (χ0n) is 7.30. The highest BCUT2D eigenvalue weighted by Crippen LogP contribution is 2.34. The Bertz CT molecular complexity index is 404. The molecule has 3 nitrogen and oxygen atoms in total. The van der Waals surface area contributed by atoms with Crippen LogP contribution < -0.4 is 10.1 Å². The topological polar surface area (TPSA) is 38.3 Å². The molecule has 1 aliphatic heterocycles. The molecule has 5 heteroatoms. The van der Waals surface area contributed by atoms with Gasteiger partial charge in [-0.1, -0.05) is 0 Å². The predicted octanol–water partition coefficient (Wildman–Crippen LogP) is 1.84. The minimum Gasteiger partial charge on any atom is -0.448 e. The Morgan fingerprint density at radius 1 is 1.50 bits per heavy atom. The van der Waals surface area contributed by atoms with E-state index in [1.165, 1.54) is 6.07 Å². The first-order valence-corrected chi connectivity index (χ1v) is 3.98. The van der Waals surface area contributed by atoms with Gasteiger partial charge < -0.3 is 10.1 Å². The Morgan fingerprint density at radius 2 is 2.21 bits per heavy atom. The molecule has 0 spiro atoms. The average molecular weight is 199 g/mol. The summed E-state index contributed by atoms with van der Waals surface area (Å²) in [6, 6.07) is 3.49. The van der Waals surface area contributed by atoms with Gasteiger partial charge in [-0.25, -0.2) is 4.39 Å². The molecule has 0 fully saturated rings. The number of benzene rings is 1. The van der Waals surface area contributed by atoms with Crippen molar-refractivity contribution in [1.29, 1.82) is 0 Å². The molecule has 1 atom stereocenters. The molecule has 14 heavy (non-hydrogen) atoms. The third-order valence-corrected chi connectivity index (χ3v) is 1.90. The second kappa shape index (κ2) is 2.67. The SMILES string of the molecule is CC1(F)Oc2cc(F)ccc2NC1=O. The van der Waals surface area contributed by atoms with E-state index in [2.05, 4.69) is 5.32 Å². The lowest BCUT2D eigenvalue weighted by Gasteiger charge is -2.27. The summed E-state index contributed by atoms with van der Waals surface area (Å²) in [5, 5.41) is 2.27. The number of fused-ring (bicyclic) bond motifs is 1. The number of amides is 1. The van der Waals surface area contributed by atoms with E-state index in [1.807, 2.05) is 0 Å². The zero-order valence-corrected chi connectivity index (χ0v) is 7.30. The number of halogens is 2. The van der Waals surface area contributed by atoms with Gasteiger partial charge in [0.1, 0.15) is 5.82 Å². The maximum absolute atomic E-state index is 13.3. The van der Waals surface area contributed by atoms with E-state index in [0.29, 0.717) is 0 Å². The van der Waals surface area contributed by atoms with Gasteiger partial charge in [-0.3, -0.25) is 4.79 Å². The second-order valence-corrected chi connectivity index (χ2v) is 3.11. The summed E-state index contributed by atoms with van der Waals surface area (Å²) in [5.74, 6) is -3.89. The van der Waals surface area contributed by atoms with Crippen LogP contribution in [0.5, 0.6) is 5.75 Å². The molecule has 0 radical (unpaired) electrons. The first-order chi connectivity index (χ1) is 6.49. The van der Waals surface area contributed by atoms with Gasteiger partial charge in [0.15, 0.2) is 5.75 Å². The van der Waals surface area contributed by atoms with E-state index in [-0.39, 0.29) is 11.4 Å². The van der Waals surface area contributed by atoms with Gasteiger partial charge in [0.25, 0.3) is 0 Å². The van der Waals surface area contributed by atoms with Crippen LogP contribution in [0.1, 0.15) is 6.92 Å². The van der Waals surface area contributed by atoms with E-state index in [0.717, 1.165) is 19.1 Å². The van der Waals surface area contributed by atoms with Crippen LogP contribution in [0.25, 0.3) is 0 Å². The van der Waals surface area contributed by atoms with E-state index < -0.39 is 17.6 Å². The molecule has 0 aliphatic carbocycles. The highest BCUT2D eigenvalue weighted by molar-refractivity contribution is 5.99. The highest BCUT2D eigenvalue weighted by Gasteiger charge is 2.40. The highest BCUT2D eigenvalue weighted by atomic mass is 19.2. The van der Waals surface area contributed by atoms with Crippen LogP contribution in [-0.4, -0.2) is 11.8 Å². The van der Waals surface area contributed by atoms with Crippen LogP contribution in [0.3, 0.4) is 0 Å². The zero-order chi connectivity index (χ0) is 10.3. The smallest absolute Gasteiger partial charge is 0.324 e. The fourth-order valence-corrected chi connectivity index (χ4v) is 1.17. The lowest BCUT2D eigenvalue weighted by Crippen LogP contribution is -2.44. The first-order valence-electron chi connectivity index (χ1n) is 3.98. The van der Waals surface area contributed by atoms with Crippen LogP contribution in [-0.2, 0) is 4.79 Å². The summed E-state index contributed by atoms with van der Waals surface area (Å²) in [6.07, 6.45) is 0. The molecule has 0 saturated heterocycles. The quantitative estimate of drug-likeness (QED) is 0.692. The molecule has 74 valence electrons. The number of hydrogen-bond donors (Lipinski definition) is 1. The first kappa shape index (κ1) is 8.93. The van der Waals surface area contributed by atoms with Crippen LogP contribution in [0.2, 0.25) is 0 Å². The van der Waals surface area contributed by atoms with E-state index in [1.54, 1.807) is 0 Å². The molecule has 1 aromatic carbocycles. The number of carbonyl (C=O) groups excluding carboxylic acids is 1. The standard InChI is InChI=1S/C9H7F2NO2/c1-9(11)8(13)12-6-3-2-5(10)4-7(6)14-9/h2-4H,1H3,(H,12,13). The fraction of sp³-hybridized carbons (Fsp3) is 0.222. The third-order valence-electron chi connectivity index (χ3n) is 1.90. The van der Waals surface area contributed by atoms with Crippen LogP contribution in [0.15, 0.2) is 18.2 Å². The monoisotopic (exact) mass is 199 g/mol. The summed E-state index contributed by atoms with van der Waals surface area (Å²) in [5.41, 5.74) is 0.270. The van der Waals surface area contributed by atoms with Crippen molar-refractivity contribution in [1.82, 2.24) is 0 Å². The molecule has 1 amide bonds. The van der Waals surface area contributed by atoms with E-state index in [9.17, 15) is 13.6 Å². The van der Waals surface area contributed by atoms with Gasteiger partial charge in [0.2, 0.25) is 0 Å². The number of nitrogens with one attached hydrogen (secondary N) is 1. The number of alkyl halides is 1. The summed E-state index contributed by atoms with van der Waals surface area (Å²) in [4.78, 5) is 11.1. The lowest BCUT2D eigenvalue weighted by atomic mass is 10.2. The molecule has 2 rings (SSSR count). The van der Waals surface area contributed by atoms with Crippen molar-refractivity contribution in [3.63, 3.8) is 0 Å². The minimum atomic E-state index is -2.44. The Hall–Kier alpha value is -1.65. The second-order valence-electron chi connectivity index (χ2n) is 3.11. The van der Waals surface area contributed by atoms with Crippen molar-refractivity contribution in [2.24, 2.45) is 0 Å². The molecular formula is C9H7F2NO2. The average Bonchev–Trinajstić information content (AvgIpc) is 2.07. The number of rotatable bonds is 0. The van der Waals surface area contributed by atoms with Gasteiger partial charge in [-0.05, 0) is 12.1 Å². The molecule has 0 bridgehead atoms. The molecule has 1 aromatic rings. The maximum atomic E-state index is 13.3. The Morgan fingerprint density at radius 3 is 2.93 bits per heavy atom. The third kappa shape index (κ3) is 1.30. The summed E-state index contributed by atoms with van der Waals surface area (Å²) < 4.78 is 30.7. The van der Waals surface area contributed by atoms with E-state index in [4.69, 9.17) is 4.74 Å². The summed E-state index contributed by atoms with van der Waals surface area (Å²) >= 11 is 0. The Kier molecular flexibility index (Phi) is 1.70. The predicted molar refractivity (Wildman–Crippen MR) is 45.2 cm³/mol. The van der Waals surface area contributed by atoms with Crippen molar-refractivity contribution in [3.05, 3.63) is 24.0 Å². The van der Waals surface area contributed by atoms with Crippen molar-refractivity contribution < 1.29 is 18.3 Å². The Labute approximate surface area is 78.7 Å². The number of ether oxygens (including phenoxy) is 1. The molecule has 1 N–H and O–H groups in total. The normalized spacial score (nSPS) is 24.9. The molecular weight excluding hydrogens is 192 g/mol. The van der Waals surface area contributed by atoms with Crippen molar-refractivity contribution >= 4 is 11.6 Å². The van der Waals surface area contributed by atoms with Gasteiger partial charge in [-0.2, -0.15) is 4.39 Å². The molecule has 0 saturated carbocycles. The van der Waals surface area contributed by atoms with Gasteiger partial charge >= 0.3 is 11.8 Å². The molecule has 1 heterocycles.